The number of likely N-dealkylation sites (tertiary alicyclic amines) is 2. The summed E-state index contributed by atoms with van der Waals surface area (Å²) in [7, 11) is 0. The fraction of sp³-hybridized carbons (Fsp3) is 0.750. The van der Waals surface area contributed by atoms with Gasteiger partial charge in [-0.2, -0.15) is 0 Å². The first-order valence-electron chi connectivity index (χ1n) is 9.77. The highest BCUT2D eigenvalue weighted by Gasteiger charge is 2.38. The second kappa shape index (κ2) is 7.51. The van der Waals surface area contributed by atoms with Gasteiger partial charge < -0.3 is 9.64 Å². The lowest BCUT2D eigenvalue weighted by Crippen LogP contribution is -2.50. The SMILES string of the molecule is c1cncc(CN2CCCC3(CCN(CC4CCCO4)CC3)C2)c1. The maximum absolute atomic E-state index is 5.82. The van der Waals surface area contributed by atoms with Crippen molar-refractivity contribution < 1.29 is 4.74 Å². The number of hydrogen-bond donors (Lipinski definition) is 0. The average molecular weight is 329 g/mol. The summed E-state index contributed by atoms with van der Waals surface area (Å²) in [5.41, 5.74) is 1.92. The Morgan fingerprint density at radius 1 is 1.12 bits per heavy atom. The second-order valence-corrected chi connectivity index (χ2v) is 8.11. The Labute approximate surface area is 146 Å². The van der Waals surface area contributed by atoms with E-state index in [-0.39, 0.29) is 0 Å². The van der Waals surface area contributed by atoms with Crippen LogP contribution in [0.2, 0.25) is 0 Å². The molecule has 3 aliphatic rings. The molecule has 24 heavy (non-hydrogen) atoms. The molecular formula is C20H31N3O. The van der Waals surface area contributed by atoms with Crippen molar-refractivity contribution in [3.8, 4) is 0 Å². The largest absolute Gasteiger partial charge is 0.377 e. The van der Waals surface area contributed by atoms with Crippen LogP contribution < -0.4 is 0 Å². The highest BCUT2D eigenvalue weighted by atomic mass is 16.5. The highest BCUT2D eigenvalue weighted by molar-refractivity contribution is 5.08. The molecule has 0 bridgehead atoms. The number of rotatable bonds is 4. The molecule has 4 rings (SSSR count). The predicted octanol–water partition coefficient (Wildman–Crippen LogP) is 2.94. The van der Waals surface area contributed by atoms with E-state index >= 15 is 0 Å². The van der Waals surface area contributed by atoms with Gasteiger partial charge in [0.15, 0.2) is 0 Å². The molecule has 1 aromatic rings. The fourth-order valence-corrected chi connectivity index (χ4v) is 4.89. The molecule has 4 heteroatoms. The zero-order valence-corrected chi connectivity index (χ0v) is 14.8. The Bertz CT molecular complexity index is 507. The third-order valence-corrected chi connectivity index (χ3v) is 6.27. The molecule has 3 saturated heterocycles. The summed E-state index contributed by atoms with van der Waals surface area (Å²) >= 11 is 0. The van der Waals surface area contributed by atoms with Crippen LogP contribution in [0.4, 0.5) is 0 Å². The molecule has 3 aliphatic heterocycles. The molecule has 0 saturated carbocycles. The predicted molar refractivity (Wildman–Crippen MR) is 95.8 cm³/mol. The van der Waals surface area contributed by atoms with Gasteiger partial charge in [-0.05, 0) is 75.2 Å². The van der Waals surface area contributed by atoms with Crippen molar-refractivity contribution in [2.45, 2.75) is 51.2 Å². The molecule has 0 aliphatic carbocycles. The van der Waals surface area contributed by atoms with E-state index in [0.29, 0.717) is 11.5 Å². The van der Waals surface area contributed by atoms with Crippen molar-refractivity contribution in [2.75, 3.05) is 39.3 Å². The van der Waals surface area contributed by atoms with E-state index in [0.717, 1.165) is 19.7 Å². The Kier molecular flexibility index (Phi) is 5.16. The Morgan fingerprint density at radius 2 is 2.04 bits per heavy atom. The van der Waals surface area contributed by atoms with Gasteiger partial charge in [-0.3, -0.25) is 9.88 Å². The van der Waals surface area contributed by atoms with Gasteiger partial charge in [0.25, 0.3) is 0 Å². The molecule has 1 unspecified atom stereocenters. The molecule has 0 amide bonds. The van der Waals surface area contributed by atoms with Gasteiger partial charge >= 0.3 is 0 Å². The van der Waals surface area contributed by atoms with Crippen molar-refractivity contribution >= 4 is 0 Å². The van der Waals surface area contributed by atoms with E-state index in [4.69, 9.17) is 4.74 Å². The Morgan fingerprint density at radius 3 is 2.79 bits per heavy atom. The van der Waals surface area contributed by atoms with Gasteiger partial charge in [0.1, 0.15) is 0 Å². The first kappa shape index (κ1) is 16.5. The number of hydrogen-bond acceptors (Lipinski definition) is 4. The van der Waals surface area contributed by atoms with Crippen LogP contribution in [0, 0.1) is 5.41 Å². The Balaban J connectivity index is 1.29. The van der Waals surface area contributed by atoms with E-state index in [2.05, 4.69) is 26.9 Å². The quantitative estimate of drug-likeness (QED) is 0.849. The smallest absolute Gasteiger partial charge is 0.0702 e. The van der Waals surface area contributed by atoms with Gasteiger partial charge in [-0.25, -0.2) is 0 Å². The zero-order chi connectivity index (χ0) is 16.2. The molecule has 1 atom stereocenters. The van der Waals surface area contributed by atoms with E-state index in [1.54, 1.807) is 0 Å². The van der Waals surface area contributed by atoms with E-state index in [1.807, 2.05) is 12.4 Å². The molecule has 132 valence electrons. The van der Waals surface area contributed by atoms with E-state index in [1.165, 1.54) is 70.3 Å². The fourth-order valence-electron chi connectivity index (χ4n) is 4.89. The van der Waals surface area contributed by atoms with Crippen LogP contribution in [0.3, 0.4) is 0 Å². The maximum Gasteiger partial charge on any atom is 0.0702 e. The van der Waals surface area contributed by atoms with Crippen molar-refractivity contribution in [1.29, 1.82) is 0 Å². The first-order chi connectivity index (χ1) is 11.8. The Hall–Kier alpha value is -0.970. The minimum absolute atomic E-state index is 0.507. The molecule has 4 heterocycles. The molecule has 1 aromatic heterocycles. The lowest BCUT2D eigenvalue weighted by Gasteiger charge is -2.48. The van der Waals surface area contributed by atoms with Crippen LogP contribution in [0.5, 0.6) is 0 Å². The third kappa shape index (κ3) is 3.98. The summed E-state index contributed by atoms with van der Waals surface area (Å²) in [6.07, 6.45) is 12.4. The van der Waals surface area contributed by atoms with Crippen molar-refractivity contribution in [2.24, 2.45) is 5.41 Å². The topological polar surface area (TPSA) is 28.6 Å². The second-order valence-electron chi connectivity index (χ2n) is 8.11. The van der Waals surface area contributed by atoms with Gasteiger partial charge in [0, 0.05) is 38.6 Å². The van der Waals surface area contributed by atoms with Crippen LogP contribution in [-0.4, -0.2) is 60.2 Å². The minimum atomic E-state index is 0.507. The van der Waals surface area contributed by atoms with Crippen LogP contribution in [0.25, 0.3) is 0 Å². The van der Waals surface area contributed by atoms with Crippen LogP contribution in [0.15, 0.2) is 24.5 Å². The molecule has 0 aromatic carbocycles. The summed E-state index contributed by atoms with van der Waals surface area (Å²) in [4.78, 5) is 9.58. The summed E-state index contributed by atoms with van der Waals surface area (Å²) in [5.74, 6) is 0. The monoisotopic (exact) mass is 329 g/mol. The molecule has 1 spiro atoms. The molecule has 0 radical (unpaired) electrons. The van der Waals surface area contributed by atoms with Crippen molar-refractivity contribution in [3.05, 3.63) is 30.1 Å². The highest BCUT2D eigenvalue weighted by Crippen LogP contribution is 2.40. The normalized spacial score (nSPS) is 28.4. The van der Waals surface area contributed by atoms with Crippen molar-refractivity contribution in [1.82, 2.24) is 14.8 Å². The lowest BCUT2D eigenvalue weighted by atomic mass is 9.72. The van der Waals surface area contributed by atoms with Gasteiger partial charge in [0.2, 0.25) is 0 Å². The molecular weight excluding hydrogens is 298 g/mol. The summed E-state index contributed by atoms with van der Waals surface area (Å²) < 4.78 is 5.82. The van der Waals surface area contributed by atoms with Gasteiger partial charge in [-0.15, -0.1) is 0 Å². The summed E-state index contributed by atoms with van der Waals surface area (Å²) in [5, 5.41) is 0. The third-order valence-electron chi connectivity index (χ3n) is 6.27. The lowest BCUT2D eigenvalue weighted by molar-refractivity contribution is 0.00225. The minimum Gasteiger partial charge on any atom is -0.377 e. The molecule has 0 N–H and O–H groups in total. The number of aromatic nitrogens is 1. The molecule has 4 nitrogen and oxygen atoms in total. The number of nitrogens with zero attached hydrogens (tertiary/aromatic N) is 3. The van der Waals surface area contributed by atoms with Crippen LogP contribution in [-0.2, 0) is 11.3 Å². The number of ether oxygens (including phenoxy) is 1. The van der Waals surface area contributed by atoms with Crippen molar-refractivity contribution in [3.63, 3.8) is 0 Å². The van der Waals surface area contributed by atoms with Gasteiger partial charge in [0.05, 0.1) is 6.10 Å². The zero-order valence-electron chi connectivity index (χ0n) is 14.8. The van der Waals surface area contributed by atoms with Crippen LogP contribution in [0.1, 0.15) is 44.1 Å². The number of piperidine rings is 2. The average Bonchev–Trinajstić information content (AvgIpc) is 3.11. The van der Waals surface area contributed by atoms with E-state index in [9.17, 15) is 0 Å². The maximum atomic E-state index is 5.82. The van der Waals surface area contributed by atoms with E-state index < -0.39 is 0 Å². The summed E-state index contributed by atoms with van der Waals surface area (Å²) in [6, 6.07) is 4.26. The summed E-state index contributed by atoms with van der Waals surface area (Å²) in [6.45, 7) is 8.25. The number of pyridine rings is 1. The standard InChI is InChI=1S/C20H31N3O/c1-4-18(14-21-9-1)15-23-10-3-6-20(17-23)7-11-22(12-8-20)16-19-5-2-13-24-19/h1,4,9,14,19H,2-3,5-8,10-13,15-17H2. The molecule has 3 fully saturated rings. The van der Waals surface area contributed by atoms with Gasteiger partial charge in [-0.1, -0.05) is 6.07 Å². The first-order valence-corrected chi connectivity index (χ1v) is 9.77. The van der Waals surface area contributed by atoms with Crippen LogP contribution >= 0.6 is 0 Å².